The molecule has 18 heavy (non-hydrogen) atoms. The van der Waals surface area contributed by atoms with Crippen LogP contribution in [0, 0.1) is 0 Å². The summed E-state index contributed by atoms with van der Waals surface area (Å²) >= 11 is 1.19. The van der Waals surface area contributed by atoms with Crippen molar-refractivity contribution in [2.45, 2.75) is 0 Å². The number of aromatic carboxylic acids is 1. The number of rotatable bonds is 3. The Kier molecular flexibility index (Phi) is 3.43. The van der Waals surface area contributed by atoms with E-state index in [-0.39, 0.29) is 5.91 Å². The second-order valence-corrected chi connectivity index (χ2v) is 4.57. The highest BCUT2D eigenvalue weighted by atomic mass is 32.1. The number of carbonyl (C=O) groups is 2. The maximum atomic E-state index is 11.4. The fraction of sp³-hybridized carbons (Fsp3) is 0.0769. The van der Waals surface area contributed by atoms with E-state index in [2.05, 4.69) is 5.32 Å². The lowest BCUT2D eigenvalue weighted by Crippen LogP contribution is -2.17. The van der Waals surface area contributed by atoms with E-state index < -0.39 is 5.97 Å². The third kappa shape index (κ3) is 2.41. The first-order chi connectivity index (χ1) is 8.61. The largest absolute Gasteiger partial charge is 0.477 e. The van der Waals surface area contributed by atoms with Crippen LogP contribution in [0.1, 0.15) is 20.0 Å². The Morgan fingerprint density at radius 3 is 2.33 bits per heavy atom. The van der Waals surface area contributed by atoms with Crippen molar-refractivity contribution in [3.63, 3.8) is 0 Å². The number of carboxylic acid groups (broad SMARTS) is 1. The van der Waals surface area contributed by atoms with Crippen LogP contribution in [0.5, 0.6) is 0 Å². The maximum absolute atomic E-state index is 11.4. The molecule has 0 spiro atoms. The molecule has 2 rings (SSSR count). The van der Waals surface area contributed by atoms with Crippen LogP contribution >= 0.6 is 11.3 Å². The van der Waals surface area contributed by atoms with Crippen LogP contribution in [0.15, 0.2) is 35.7 Å². The monoisotopic (exact) mass is 261 g/mol. The van der Waals surface area contributed by atoms with Gasteiger partial charge in [-0.2, -0.15) is 0 Å². The summed E-state index contributed by atoms with van der Waals surface area (Å²) in [4.78, 5) is 22.5. The molecule has 0 saturated heterocycles. The Hall–Kier alpha value is -2.14. The summed E-state index contributed by atoms with van der Waals surface area (Å²) in [6.07, 6.45) is 0. The standard InChI is InChI=1S/C13H11NO3S/c1-14-12(15)9-4-2-8(3-5-9)10-6-11(13(16)17)18-7-10/h2-7H,1H3,(H,14,15)(H,16,17). The molecule has 4 nitrogen and oxygen atoms in total. The predicted molar refractivity (Wildman–Crippen MR) is 70.1 cm³/mol. The summed E-state index contributed by atoms with van der Waals surface area (Å²) in [5.74, 6) is -1.06. The van der Waals surface area contributed by atoms with Crippen LogP contribution in [0.4, 0.5) is 0 Å². The third-order valence-electron chi connectivity index (χ3n) is 2.52. The van der Waals surface area contributed by atoms with Gasteiger partial charge in [-0.1, -0.05) is 12.1 Å². The summed E-state index contributed by atoms with van der Waals surface area (Å²) in [6, 6.07) is 8.66. The van der Waals surface area contributed by atoms with Crippen LogP contribution in [0.25, 0.3) is 11.1 Å². The van der Waals surface area contributed by atoms with Crippen molar-refractivity contribution >= 4 is 23.2 Å². The van der Waals surface area contributed by atoms with Crippen molar-refractivity contribution < 1.29 is 14.7 Å². The van der Waals surface area contributed by atoms with E-state index >= 15 is 0 Å². The van der Waals surface area contributed by atoms with Crippen molar-refractivity contribution in [2.24, 2.45) is 0 Å². The summed E-state index contributed by atoms with van der Waals surface area (Å²) in [7, 11) is 1.58. The van der Waals surface area contributed by atoms with E-state index in [9.17, 15) is 9.59 Å². The number of thiophene rings is 1. The third-order valence-corrected chi connectivity index (χ3v) is 3.44. The van der Waals surface area contributed by atoms with Crippen LogP contribution in [-0.4, -0.2) is 24.0 Å². The molecule has 5 heteroatoms. The highest BCUT2D eigenvalue weighted by Crippen LogP contribution is 2.25. The first kappa shape index (κ1) is 12.3. The number of carbonyl (C=O) groups excluding carboxylic acids is 1. The molecule has 1 heterocycles. The molecule has 0 aliphatic rings. The highest BCUT2D eigenvalue weighted by molar-refractivity contribution is 7.12. The zero-order chi connectivity index (χ0) is 13.1. The second kappa shape index (κ2) is 5.01. The molecule has 0 saturated carbocycles. The Morgan fingerprint density at radius 2 is 1.83 bits per heavy atom. The molecule has 0 unspecified atom stereocenters. The van der Waals surface area contributed by atoms with Gasteiger partial charge in [0.2, 0.25) is 0 Å². The Balaban J connectivity index is 2.28. The number of amides is 1. The summed E-state index contributed by atoms with van der Waals surface area (Å²) < 4.78 is 0. The minimum absolute atomic E-state index is 0.141. The topological polar surface area (TPSA) is 66.4 Å². The van der Waals surface area contributed by atoms with Gasteiger partial charge in [-0.3, -0.25) is 4.79 Å². The van der Waals surface area contributed by atoms with Gasteiger partial charge in [-0.25, -0.2) is 4.79 Å². The minimum Gasteiger partial charge on any atom is -0.477 e. The minimum atomic E-state index is -0.923. The van der Waals surface area contributed by atoms with Crippen molar-refractivity contribution in [3.05, 3.63) is 46.2 Å². The molecule has 0 radical (unpaired) electrons. The van der Waals surface area contributed by atoms with Gasteiger partial charge in [-0.15, -0.1) is 11.3 Å². The first-order valence-corrected chi connectivity index (χ1v) is 6.14. The van der Waals surface area contributed by atoms with Gasteiger partial charge in [0.25, 0.3) is 5.91 Å². The zero-order valence-electron chi connectivity index (χ0n) is 9.64. The summed E-state index contributed by atoms with van der Waals surface area (Å²) in [5, 5.41) is 13.2. The number of carboxylic acids is 1. The number of hydrogen-bond acceptors (Lipinski definition) is 3. The average Bonchev–Trinajstić information content (AvgIpc) is 2.88. The van der Waals surface area contributed by atoms with Crippen LogP contribution in [0.2, 0.25) is 0 Å². The Morgan fingerprint density at radius 1 is 1.17 bits per heavy atom. The molecule has 0 fully saturated rings. The van der Waals surface area contributed by atoms with Crippen LogP contribution in [-0.2, 0) is 0 Å². The summed E-state index contributed by atoms with van der Waals surface area (Å²) in [6.45, 7) is 0. The van der Waals surface area contributed by atoms with E-state index in [1.807, 2.05) is 0 Å². The highest BCUT2D eigenvalue weighted by Gasteiger charge is 2.09. The predicted octanol–water partition coefficient (Wildman–Crippen LogP) is 2.47. The lowest BCUT2D eigenvalue weighted by atomic mass is 10.1. The van der Waals surface area contributed by atoms with Gasteiger partial charge in [0.05, 0.1) is 0 Å². The summed E-state index contributed by atoms with van der Waals surface area (Å²) in [5.41, 5.74) is 2.32. The number of benzene rings is 1. The van der Waals surface area contributed by atoms with Gasteiger partial charge < -0.3 is 10.4 Å². The van der Waals surface area contributed by atoms with Gasteiger partial charge >= 0.3 is 5.97 Å². The quantitative estimate of drug-likeness (QED) is 0.892. The Labute approximate surface area is 108 Å². The van der Waals surface area contributed by atoms with E-state index in [1.165, 1.54) is 11.3 Å². The molecule has 0 atom stereocenters. The van der Waals surface area contributed by atoms with E-state index in [0.29, 0.717) is 10.4 Å². The van der Waals surface area contributed by atoms with Crippen molar-refractivity contribution in [2.75, 3.05) is 7.05 Å². The van der Waals surface area contributed by atoms with E-state index in [0.717, 1.165) is 11.1 Å². The smallest absolute Gasteiger partial charge is 0.345 e. The van der Waals surface area contributed by atoms with Crippen LogP contribution < -0.4 is 5.32 Å². The zero-order valence-corrected chi connectivity index (χ0v) is 10.5. The van der Waals surface area contributed by atoms with Crippen molar-refractivity contribution in [3.8, 4) is 11.1 Å². The fourth-order valence-corrected chi connectivity index (χ4v) is 2.31. The number of nitrogens with one attached hydrogen (secondary N) is 1. The van der Waals surface area contributed by atoms with Crippen LogP contribution in [0.3, 0.4) is 0 Å². The average molecular weight is 261 g/mol. The Bertz CT molecular complexity index is 587. The molecule has 1 aromatic heterocycles. The van der Waals surface area contributed by atoms with Crippen molar-refractivity contribution in [1.29, 1.82) is 0 Å². The maximum Gasteiger partial charge on any atom is 0.345 e. The van der Waals surface area contributed by atoms with E-state index in [4.69, 9.17) is 5.11 Å². The van der Waals surface area contributed by atoms with Gasteiger partial charge in [0.1, 0.15) is 4.88 Å². The molecule has 0 aliphatic heterocycles. The number of hydrogen-bond donors (Lipinski definition) is 2. The molecule has 92 valence electrons. The van der Waals surface area contributed by atoms with Crippen molar-refractivity contribution in [1.82, 2.24) is 5.32 Å². The molecular weight excluding hydrogens is 250 g/mol. The molecule has 0 bridgehead atoms. The second-order valence-electron chi connectivity index (χ2n) is 3.66. The molecule has 2 aromatic rings. The van der Waals surface area contributed by atoms with Gasteiger partial charge in [0.15, 0.2) is 0 Å². The normalized spacial score (nSPS) is 10.1. The van der Waals surface area contributed by atoms with Gasteiger partial charge in [0, 0.05) is 12.6 Å². The first-order valence-electron chi connectivity index (χ1n) is 5.26. The molecule has 2 N–H and O–H groups in total. The molecular formula is C13H11NO3S. The SMILES string of the molecule is CNC(=O)c1ccc(-c2csc(C(=O)O)c2)cc1. The van der Waals surface area contributed by atoms with E-state index in [1.54, 1.807) is 42.8 Å². The fourth-order valence-electron chi connectivity index (χ4n) is 1.56. The molecule has 1 aromatic carbocycles. The molecule has 0 aliphatic carbocycles. The lowest BCUT2D eigenvalue weighted by Gasteiger charge is -2.01. The molecule has 1 amide bonds. The van der Waals surface area contributed by atoms with Gasteiger partial charge in [-0.05, 0) is 34.7 Å². The lowest BCUT2D eigenvalue weighted by molar-refractivity contribution is 0.0702.